The van der Waals surface area contributed by atoms with Gasteiger partial charge >= 0.3 is 0 Å². The number of aromatic nitrogens is 1. The van der Waals surface area contributed by atoms with Gasteiger partial charge in [-0.15, -0.1) is 0 Å². The molecule has 1 aliphatic rings. The van der Waals surface area contributed by atoms with Crippen LogP contribution in [0.5, 0.6) is 11.5 Å². The lowest BCUT2D eigenvalue weighted by molar-refractivity contribution is 0.196. The topological polar surface area (TPSA) is 71.0 Å². The summed E-state index contributed by atoms with van der Waals surface area (Å²) in [6, 6.07) is 12.6. The molecule has 7 heteroatoms. The van der Waals surface area contributed by atoms with Crippen LogP contribution in [0.15, 0.2) is 47.6 Å². The van der Waals surface area contributed by atoms with E-state index in [1.165, 1.54) is 5.56 Å². The first-order chi connectivity index (χ1) is 15.4. The molecule has 1 aliphatic heterocycles. The second-order valence-corrected chi connectivity index (χ2v) is 8.90. The van der Waals surface area contributed by atoms with Crippen molar-refractivity contribution < 1.29 is 9.47 Å². The zero-order valence-corrected chi connectivity index (χ0v) is 20.0. The molecular formula is C25H37N5O2. The first-order valence-corrected chi connectivity index (χ1v) is 11.3. The lowest BCUT2D eigenvalue weighted by Gasteiger charge is -2.33. The summed E-state index contributed by atoms with van der Waals surface area (Å²) >= 11 is 0. The summed E-state index contributed by atoms with van der Waals surface area (Å²) in [5, 5.41) is 7.12. The van der Waals surface area contributed by atoms with Crippen LogP contribution in [0.25, 0.3) is 0 Å². The van der Waals surface area contributed by atoms with Crippen molar-refractivity contribution in [2.24, 2.45) is 4.99 Å². The predicted octanol–water partition coefficient (Wildman–Crippen LogP) is 3.21. The van der Waals surface area contributed by atoms with E-state index < -0.39 is 0 Å². The Morgan fingerprint density at radius 1 is 1.12 bits per heavy atom. The molecule has 2 N–H and O–H groups in total. The molecule has 1 fully saturated rings. The van der Waals surface area contributed by atoms with E-state index in [1.54, 1.807) is 14.2 Å². The highest BCUT2D eigenvalue weighted by Gasteiger charge is 2.24. The maximum absolute atomic E-state index is 5.48. The number of hydrogen-bond donors (Lipinski definition) is 2. The smallest absolute Gasteiger partial charge is 0.191 e. The molecule has 0 spiro atoms. The van der Waals surface area contributed by atoms with E-state index in [4.69, 9.17) is 9.47 Å². The van der Waals surface area contributed by atoms with E-state index >= 15 is 0 Å². The van der Waals surface area contributed by atoms with E-state index in [0.29, 0.717) is 6.04 Å². The molecule has 0 bridgehead atoms. The van der Waals surface area contributed by atoms with Gasteiger partial charge in [0.05, 0.1) is 19.9 Å². The number of methoxy groups -OCH3 is 2. The number of guanidine groups is 1. The van der Waals surface area contributed by atoms with Crippen LogP contribution in [0.2, 0.25) is 0 Å². The number of hydrogen-bond acceptors (Lipinski definition) is 5. The number of nitrogens with zero attached hydrogens (tertiary/aromatic N) is 3. The van der Waals surface area contributed by atoms with Crippen molar-refractivity contribution in [1.82, 2.24) is 20.5 Å². The quantitative estimate of drug-likeness (QED) is 0.486. The summed E-state index contributed by atoms with van der Waals surface area (Å²) in [6.45, 7) is 8.21. The summed E-state index contributed by atoms with van der Waals surface area (Å²) in [5.74, 6) is 2.34. The molecule has 1 saturated heterocycles. The Morgan fingerprint density at radius 3 is 2.50 bits per heavy atom. The molecule has 7 nitrogen and oxygen atoms in total. The van der Waals surface area contributed by atoms with Gasteiger partial charge in [-0.2, -0.15) is 0 Å². The van der Waals surface area contributed by atoms with Crippen LogP contribution >= 0.6 is 0 Å². The number of rotatable bonds is 8. The van der Waals surface area contributed by atoms with Crippen molar-refractivity contribution in [3.63, 3.8) is 0 Å². The summed E-state index contributed by atoms with van der Waals surface area (Å²) in [6.07, 6.45) is 4.04. The SMILES string of the molecule is CN=C(NCC(C)(C)c1ccc(OC)c(OC)c1)NC1CCN(Cc2ccccn2)CC1. The van der Waals surface area contributed by atoms with E-state index in [1.807, 2.05) is 31.4 Å². The maximum Gasteiger partial charge on any atom is 0.191 e. The molecule has 0 amide bonds. The largest absolute Gasteiger partial charge is 0.493 e. The molecule has 0 saturated carbocycles. The van der Waals surface area contributed by atoms with Crippen molar-refractivity contribution in [1.29, 1.82) is 0 Å². The van der Waals surface area contributed by atoms with Gasteiger partial charge < -0.3 is 20.1 Å². The van der Waals surface area contributed by atoms with Gasteiger partial charge in [0.15, 0.2) is 17.5 Å². The molecule has 32 heavy (non-hydrogen) atoms. The molecule has 3 rings (SSSR count). The molecule has 0 radical (unpaired) electrons. The average molecular weight is 440 g/mol. The zero-order valence-electron chi connectivity index (χ0n) is 20.0. The molecule has 2 aromatic rings. The fraction of sp³-hybridized carbons (Fsp3) is 0.520. The first-order valence-electron chi connectivity index (χ1n) is 11.3. The monoisotopic (exact) mass is 439 g/mol. The first kappa shape index (κ1) is 23.9. The Balaban J connectivity index is 1.49. The molecule has 0 unspecified atom stereocenters. The van der Waals surface area contributed by atoms with Gasteiger partial charge in [0.25, 0.3) is 0 Å². The number of likely N-dealkylation sites (tertiary alicyclic amines) is 1. The third-order valence-corrected chi connectivity index (χ3v) is 6.13. The van der Waals surface area contributed by atoms with E-state index in [9.17, 15) is 0 Å². The van der Waals surface area contributed by atoms with Crippen LogP contribution in [-0.2, 0) is 12.0 Å². The van der Waals surface area contributed by atoms with E-state index in [-0.39, 0.29) is 5.41 Å². The summed E-state index contributed by atoms with van der Waals surface area (Å²) in [7, 11) is 5.15. The van der Waals surface area contributed by atoms with Crippen molar-refractivity contribution in [2.75, 3.05) is 40.9 Å². The van der Waals surface area contributed by atoms with Crippen molar-refractivity contribution in [2.45, 2.75) is 44.7 Å². The fourth-order valence-corrected chi connectivity index (χ4v) is 4.01. The van der Waals surface area contributed by atoms with Gasteiger partial charge in [0.2, 0.25) is 0 Å². The van der Waals surface area contributed by atoms with Crippen LogP contribution in [-0.4, -0.2) is 62.8 Å². The summed E-state index contributed by atoms with van der Waals surface area (Å²) in [5.41, 5.74) is 2.21. The average Bonchev–Trinajstić information content (AvgIpc) is 2.83. The Labute approximate surface area is 192 Å². The molecule has 0 atom stereocenters. The van der Waals surface area contributed by atoms with Gasteiger partial charge in [-0.3, -0.25) is 14.9 Å². The van der Waals surface area contributed by atoms with Gasteiger partial charge in [-0.1, -0.05) is 26.0 Å². The molecular weight excluding hydrogens is 402 g/mol. The summed E-state index contributed by atoms with van der Waals surface area (Å²) < 4.78 is 10.8. The number of nitrogens with one attached hydrogen (secondary N) is 2. The molecule has 1 aromatic carbocycles. The van der Waals surface area contributed by atoms with Gasteiger partial charge in [-0.05, 0) is 42.7 Å². The number of benzene rings is 1. The number of pyridine rings is 1. The number of ether oxygens (including phenoxy) is 2. The highest BCUT2D eigenvalue weighted by Crippen LogP contribution is 2.32. The highest BCUT2D eigenvalue weighted by molar-refractivity contribution is 5.80. The van der Waals surface area contributed by atoms with Crippen LogP contribution in [0.1, 0.15) is 37.9 Å². The summed E-state index contributed by atoms with van der Waals surface area (Å²) in [4.78, 5) is 11.4. The number of aliphatic imine (C=N–C) groups is 1. The second-order valence-electron chi connectivity index (χ2n) is 8.90. The molecule has 1 aromatic heterocycles. The van der Waals surface area contributed by atoms with Crippen molar-refractivity contribution in [3.05, 3.63) is 53.9 Å². The minimum Gasteiger partial charge on any atom is -0.493 e. The van der Waals surface area contributed by atoms with Crippen LogP contribution in [0.3, 0.4) is 0 Å². The Morgan fingerprint density at radius 2 is 1.88 bits per heavy atom. The third-order valence-electron chi connectivity index (χ3n) is 6.13. The lowest BCUT2D eigenvalue weighted by Crippen LogP contribution is -2.50. The Hall–Kier alpha value is -2.80. The Kier molecular flexibility index (Phi) is 8.33. The van der Waals surface area contributed by atoms with Crippen molar-refractivity contribution in [3.8, 4) is 11.5 Å². The third kappa shape index (κ3) is 6.36. The van der Waals surface area contributed by atoms with E-state index in [0.717, 1.165) is 62.2 Å². The van der Waals surface area contributed by atoms with Crippen LogP contribution < -0.4 is 20.1 Å². The predicted molar refractivity (Wildman–Crippen MR) is 130 cm³/mol. The Bertz CT molecular complexity index is 877. The minimum atomic E-state index is -0.108. The normalized spacial score (nSPS) is 16.0. The van der Waals surface area contributed by atoms with Gasteiger partial charge in [0.1, 0.15) is 0 Å². The molecule has 0 aliphatic carbocycles. The van der Waals surface area contributed by atoms with Crippen LogP contribution in [0, 0.1) is 0 Å². The standard InChI is InChI=1S/C25H37N5O2/c1-25(2,19-9-10-22(31-4)23(16-19)32-5)18-28-24(26-3)29-20-11-14-30(15-12-20)17-21-8-6-7-13-27-21/h6-10,13,16,20H,11-12,14-15,17-18H2,1-5H3,(H2,26,28,29). The van der Waals surface area contributed by atoms with Crippen LogP contribution in [0.4, 0.5) is 0 Å². The van der Waals surface area contributed by atoms with Crippen molar-refractivity contribution >= 4 is 5.96 Å². The lowest BCUT2D eigenvalue weighted by atomic mass is 9.84. The number of piperidine rings is 1. The highest BCUT2D eigenvalue weighted by atomic mass is 16.5. The molecule has 2 heterocycles. The van der Waals surface area contributed by atoms with Gasteiger partial charge in [-0.25, -0.2) is 0 Å². The fourth-order valence-electron chi connectivity index (χ4n) is 4.01. The minimum absolute atomic E-state index is 0.108. The maximum atomic E-state index is 5.48. The zero-order chi connectivity index (χ0) is 23.0. The molecule has 174 valence electrons. The van der Waals surface area contributed by atoms with E-state index in [2.05, 4.69) is 57.6 Å². The second kappa shape index (κ2) is 11.2. The van der Waals surface area contributed by atoms with Gasteiger partial charge in [0, 0.05) is 50.9 Å².